The lowest BCUT2D eigenvalue weighted by atomic mass is 9.97. The molecule has 144 valence electrons. The highest BCUT2D eigenvalue weighted by atomic mass is 19.1. The fourth-order valence-corrected chi connectivity index (χ4v) is 4.27. The fourth-order valence-electron chi connectivity index (χ4n) is 4.27. The van der Waals surface area contributed by atoms with Crippen LogP contribution in [0.15, 0.2) is 6.33 Å². The van der Waals surface area contributed by atoms with Crippen LogP contribution in [-0.2, 0) is 11.2 Å². The van der Waals surface area contributed by atoms with Crippen molar-refractivity contribution in [1.29, 1.82) is 0 Å². The van der Waals surface area contributed by atoms with Gasteiger partial charge in [0, 0.05) is 26.1 Å². The molecule has 3 rings (SSSR count). The minimum Gasteiger partial charge on any atom is -0.356 e. The summed E-state index contributed by atoms with van der Waals surface area (Å²) in [6, 6.07) is 0. The third-order valence-electron chi connectivity index (χ3n) is 5.84. The van der Waals surface area contributed by atoms with Crippen molar-refractivity contribution in [3.8, 4) is 0 Å². The van der Waals surface area contributed by atoms with Gasteiger partial charge in [-0.2, -0.15) is 0 Å². The number of nitrogens with zero attached hydrogens (tertiary/aromatic N) is 3. The Morgan fingerprint density at radius 1 is 1.23 bits per heavy atom. The molecule has 1 aromatic heterocycles. The van der Waals surface area contributed by atoms with E-state index >= 15 is 0 Å². The van der Waals surface area contributed by atoms with Gasteiger partial charge < -0.3 is 10.2 Å². The van der Waals surface area contributed by atoms with E-state index in [9.17, 15) is 9.18 Å². The van der Waals surface area contributed by atoms with Gasteiger partial charge in [0.1, 0.15) is 6.33 Å². The molecule has 1 aromatic rings. The number of piperidine rings is 1. The Bertz CT molecular complexity index is 603. The van der Waals surface area contributed by atoms with Gasteiger partial charge in [-0.3, -0.25) is 4.79 Å². The Balaban J connectivity index is 1.47. The van der Waals surface area contributed by atoms with Gasteiger partial charge in [-0.05, 0) is 37.5 Å². The van der Waals surface area contributed by atoms with Gasteiger partial charge in [-0.15, -0.1) is 0 Å². The standard InChI is InChI=1S/C20H31FN4O/c1-2-17-19(21)20(24-14-23-17)25-11-5-8-16(13-25)12-22-18(26)10-9-15-6-3-4-7-15/h14-16H,2-13H2,1H3,(H,22,26). The molecule has 2 fully saturated rings. The number of halogens is 1. The summed E-state index contributed by atoms with van der Waals surface area (Å²) >= 11 is 0. The van der Waals surface area contributed by atoms with Crippen LogP contribution in [0.25, 0.3) is 0 Å². The molecule has 1 atom stereocenters. The Hall–Kier alpha value is -1.72. The normalized spacial score (nSPS) is 21.2. The second-order valence-corrected chi connectivity index (χ2v) is 7.76. The summed E-state index contributed by atoms with van der Waals surface area (Å²) < 4.78 is 14.5. The molecule has 5 nitrogen and oxygen atoms in total. The molecule has 0 radical (unpaired) electrons. The highest BCUT2D eigenvalue weighted by molar-refractivity contribution is 5.75. The van der Waals surface area contributed by atoms with E-state index < -0.39 is 0 Å². The van der Waals surface area contributed by atoms with Crippen molar-refractivity contribution in [2.75, 3.05) is 24.5 Å². The third kappa shape index (κ3) is 4.92. The number of hydrogen-bond acceptors (Lipinski definition) is 4. The average molecular weight is 362 g/mol. The van der Waals surface area contributed by atoms with Crippen molar-refractivity contribution in [1.82, 2.24) is 15.3 Å². The molecule has 1 aliphatic heterocycles. The van der Waals surface area contributed by atoms with Gasteiger partial charge in [-0.25, -0.2) is 14.4 Å². The molecule has 1 saturated heterocycles. The molecule has 1 saturated carbocycles. The zero-order valence-corrected chi connectivity index (χ0v) is 15.8. The van der Waals surface area contributed by atoms with E-state index in [4.69, 9.17) is 0 Å². The molecular weight excluding hydrogens is 331 g/mol. The lowest BCUT2D eigenvalue weighted by molar-refractivity contribution is -0.121. The number of aryl methyl sites for hydroxylation is 1. The van der Waals surface area contributed by atoms with Crippen LogP contribution < -0.4 is 10.2 Å². The Labute approximate surface area is 155 Å². The second kappa shape index (κ2) is 9.28. The second-order valence-electron chi connectivity index (χ2n) is 7.76. The van der Waals surface area contributed by atoms with Crippen molar-refractivity contribution in [2.45, 2.75) is 64.7 Å². The SMILES string of the molecule is CCc1ncnc(N2CCCC(CNC(=O)CCC3CCCC3)C2)c1F. The Morgan fingerprint density at radius 2 is 2.00 bits per heavy atom. The van der Waals surface area contributed by atoms with Gasteiger partial charge in [-0.1, -0.05) is 32.6 Å². The van der Waals surface area contributed by atoms with Gasteiger partial charge >= 0.3 is 0 Å². The van der Waals surface area contributed by atoms with Crippen LogP contribution in [0.3, 0.4) is 0 Å². The van der Waals surface area contributed by atoms with E-state index in [-0.39, 0.29) is 11.7 Å². The van der Waals surface area contributed by atoms with Crippen molar-refractivity contribution < 1.29 is 9.18 Å². The van der Waals surface area contributed by atoms with Crippen LogP contribution in [0.1, 0.15) is 64.0 Å². The number of nitrogens with one attached hydrogen (secondary N) is 1. The number of amides is 1. The largest absolute Gasteiger partial charge is 0.356 e. The molecule has 1 N–H and O–H groups in total. The lowest BCUT2D eigenvalue weighted by Gasteiger charge is -2.34. The Kier molecular flexibility index (Phi) is 6.80. The molecule has 26 heavy (non-hydrogen) atoms. The van der Waals surface area contributed by atoms with Crippen molar-refractivity contribution in [3.63, 3.8) is 0 Å². The Morgan fingerprint density at radius 3 is 2.77 bits per heavy atom. The third-order valence-corrected chi connectivity index (χ3v) is 5.84. The first-order valence-corrected chi connectivity index (χ1v) is 10.2. The molecule has 1 unspecified atom stereocenters. The monoisotopic (exact) mass is 362 g/mol. The number of carbonyl (C=O) groups excluding carboxylic acids is 1. The number of aromatic nitrogens is 2. The summed E-state index contributed by atoms with van der Waals surface area (Å²) in [5, 5.41) is 3.09. The van der Waals surface area contributed by atoms with Crippen LogP contribution in [0.5, 0.6) is 0 Å². The highest BCUT2D eigenvalue weighted by Gasteiger charge is 2.25. The molecule has 0 spiro atoms. The predicted octanol–water partition coefficient (Wildman–Crippen LogP) is 3.48. The number of carbonyl (C=O) groups is 1. The summed E-state index contributed by atoms with van der Waals surface area (Å²) in [6.45, 7) is 4.12. The van der Waals surface area contributed by atoms with Crippen molar-refractivity contribution >= 4 is 11.7 Å². The van der Waals surface area contributed by atoms with E-state index in [2.05, 4.69) is 15.3 Å². The van der Waals surface area contributed by atoms with E-state index in [1.165, 1.54) is 32.0 Å². The van der Waals surface area contributed by atoms with Crippen molar-refractivity contribution in [3.05, 3.63) is 17.8 Å². The van der Waals surface area contributed by atoms with Crippen LogP contribution in [0, 0.1) is 17.7 Å². The summed E-state index contributed by atoms with van der Waals surface area (Å²) in [5.74, 6) is 1.37. The molecule has 1 aliphatic carbocycles. The molecule has 6 heteroatoms. The topological polar surface area (TPSA) is 58.1 Å². The lowest BCUT2D eigenvalue weighted by Crippen LogP contribution is -2.41. The number of hydrogen-bond donors (Lipinski definition) is 1. The highest BCUT2D eigenvalue weighted by Crippen LogP contribution is 2.28. The van der Waals surface area contributed by atoms with Crippen LogP contribution >= 0.6 is 0 Å². The summed E-state index contributed by atoms with van der Waals surface area (Å²) in [5.41, 5.74) is 0.470. The first-order chi connectivity index (χ1) is 12.7. The first kappa shape index (κ1) is 19.1. The quantitative estimate of drug-likeness (QED) is 0.807. The zero-order chi connectivity index (χ0) is 18.4. The molecule has 1 amide bonds. The minimum atomic E-state index is -0.295. The number of anilines is 1. The van der Waals surface area contributed by atoms with E-state index in [0.717, 1.165) is 38.3 Å². The predicted molar refractivity (Wildman–Crippen MR) is 101 cm³/mol. The van der Waals surface area contributed by atoms with Gasteiger partial charge in [0.25, 0.3) is 0 Å². The maximum atomic E-state index is 14.5. The first-order valence-electron chi connectivity index (χ1n) is 10.2. The van der Waals surface area contributed by atoms with E-state index in [1.807, 2.05) is 11.8 Å². The maximum Gasteiger partial charge on any atom is 0.220 e. The van der Waals surface area contributed by atoms with Crippen LogP contribution in [0.2, 0.25) is 0 Å². The van der Waals surface area contributed by atoms with E-state index in [0.29, 0.717) is 36.8 Å². The van der Waals surface area contributed by atoms with Gasteiger partial charge in [0.2, 0.25) is 5.91 Å². The van der Waals surface area contributed by atoms with Crippen LogP contribution in [-0.4, -0.2) is 35.5 Å². The zero-order valence-electron chi connectivity index (χ0n) is 15.8. The molecule has 0 aromatic carbocycles. The molecule has 0 bridgehead atoms. The summed E-state index contributed by atoms with van der Waals surface area (Å²) in [7, 11) is 0. The maximum absolute atomic E-state index is 14.5. The smallest absolute Gasteiger partial charge is 0.220 e. The van der Waals surface area contributed by atoms with Gasteiger partial charge in [0.05, 0.1) is 5.69 Å². The summed E-state index contributed by atoms with van der Waals surface area (Å²) in [4.78, 5) is 22.3. The molecule has 2 heterocycles. The van der Waals surface area contributed by atoms with E-state index in [1.54, 1.807) is 0 Å². The van der Waals surface area contributed by atoms with Gasteiger partial charge in [0.15, 0.2) is 11.6 Å². The van der Waals surface area contributed by atoms with Crippen molar-refractivity contribution in [2.24, 2.45) is 11.8 Å². The average Bonchev–Trinajstić information content (AvgIpc) is 3.19. The fraction of sp³-hybridized carbons (Fsp3) is 0.750. The van der Waals surface area contributed by atoms with Crippen LogP contribution in [0.4, 0.5) is 10.2 Å². The summed E-state index contributed by atoms with van der Waals surface area (Å²) in [6.07, 6.45) is 11.0. The molecule has 2 aliphatic rings. The molecular formula is C20H31FN4O. The minimum absolute atomic E-state index is 0.163. The number of rotatable bonds is 7.